The van der Waals surface area contributed by atoms with Crippen molar-refractivity contribution in [3.8, 4) is 11.5 Å². The smallest absolute Gasteiger partial charge is 0.273 e. The predicted molar refractivity (Wildman–Crippen MR) is 91.7 cm³/mol. The SMILES string of the molecule is COc1cccc(CCC(=O)NNC(=O)c2cc(C)oc2C)c1OC. The Labute approximate surface area is 146 Å². The van der Waals surface area contributed by atoms with Crippen molar-refractivity contribution < 1.29 is 23.5 Å². The highest BCUT2D eigenvalue weighted by atomic mass is 16.5. The average Bonchev–Trinajstić information content (AvgIpc) is 2.95. The van der Waals surface area contributed by atoms with Gasteiger partial charge in [-0.15, -0.1) is 0 Å². The fraction of sp³-hybridized carbons (Fsp3) is 0.333. The summed E-state index contributed by atoms with van der Waals surface area (Å²) in [5, 5.41) is 0. The second kappa shape index (κ2) is 8.23. The number of carbonyl (C=O) groups is 2. The Bertz CT molecular complexity index is 767. The van der Waals surface area contributed by atoms with Crippen LogP contribution in [-0.4, -0.2) is 26.0 Å². The van der Waals surface area contributed by atoms with Crippen LogP contribution in [0.25, 0.3) is 0 Å². The van der Waals surface area contributed by atoms with Crippen LogP contribution in [0.4, 0.5) is 0 Å². The van der Waals surface area contributed by atoms with Gasteiger partial charge in [-0.2, -0.15) is 0 Å². The highest BCUT2D eigenvalue weighted by molar-refractivity contribution is 5.96. The number of para-hydroxylation sites is 1. The van der Waals surface area contributed by atoms with E-state index in [9.17, 15) is 9.59 Å². The number of rotatable bonds is 6. The first-order chi connectivity index (χ1) is 12.0. The van der Waals surface area contributed by atoms with Crippen molar-refractivity contribution in [2.24, 2.45) is 0 Å². The van der Waals surface area contributed by atoms with Crippen LogP contribution >= 0.6 is 0 Å². The molecule has 7 heteroatoms. The quantitative estimate of drug-likeness (QED) is 0.784. The van der Waals surface area contributed by atoms with Crippen LogP contribution < -0.4 is 20.3 Å². The van der Waals surface area contributed by atoms with E-state index in [-0.39, 0.29) is 12.3 Å². The first-order valence-corrected chi connectivity index (χ1v) is 7.82. The molecule has 0 spiro atoms. The van der Waals surface area contributed by atoms with Gasteiger partial charge in [0.05, 0.1) is 19.8 Å². The zero-order chi connectivity index (χ0) is 18.4. The van der Waals surface area contributed by atoms with Crippen LogP contribution in [-0.2, 0) is 11.2 Å². The lowest BCUT2D eigenvalue weighted by Gasteiger charge is -2.12. The lowest BCUT2D eigenvalue weighted by molar-refractivity contribution is -0.121. The zero-order valence-electron chi connectivity index (χ0n) is 14.8. The Morgan fingerprint density at radius 2 is 1.88 bits per heavy atom. The Morgan fingerprint density at radius 1 is 1.12 bits per heavy atom. The van der Waals surface area contributed by atoms with Gasteiger partial charge in [0.2, 0.25) is 5.91 Å². The van der Waals surface area contributed by atoms with Crippen LogP contribution in [0.15, 0.2) is 28.7 Å². The third kappa shape index (κ3) is 4.53. The van der Waals surface area contributed by atoms with Gasteiger partial charge in [0.25, 0.3) is 5.91 Å². The molecule has 1 aromatic heterocycles. The topological polar surface area (TPSA) is 89.8 Å². The summed E-state index contributed by atoms with van der Waals surface area (Å²) in [4.78, 5) is 24.0. The lowest BCUT2D eigenvalue weighted by Crippen LogP contribution is -2.41. The van der Waals surface area contributed by atoms with E-state index in [0.29, 0.717) is 35.0 Å². The van der Waals surface area contributed by atoms with Crippen molar-refractivity contribution in [2.45, 2.75) is 26.7 Å². The molecule has 0 aliphatic heterocycles. The van der Waals surface area contributed by atoms with Gasteiger partial charge in [0.1, 0.15) is 11.5 Å². The molecule has 0 atom stereocenters. The fourth-order valence-corrected chi connectivity index (χ4v) is 2.51. The van der Waals surface area contributed by atoms with Gasteiger partial charge in [-0.3, -0.25) is 20.4 Å². The first-order valence-electron chi connectivity index (χ1n) is 7.82. The summed E-state index contributed by atoms with van der Waals surface area (Å²) in [6, 6.07) is 7.11. The second-order valence-corrected chi connectivity index (χ2v) is 5.48. The van der Waals surface area contributed by atoms with Gasteiger partial charge in [-0.05, 0) is 38.0 Å². The molecule has 2 rings (SSSR count). The largest absolute Gasteiger partial charge is 0.493 e. The molecule has 2 amide bonds. The molecule has 0 unspecified atom stereocenters. The Hall–Kier alpha value is -2.96. The van der Waals surface area contributed by atoms with Crippen LogP contribution in [0.1, 0.15) is 33.9 Å². The molecule has 2 N–H and O–H groups in total. The molecule has 7 nitrogen and oxygen atoms in total. The summed E-state index contributed by atoms with van der Waals surface area (Å²) in [5.41, 5.74) is 6.03. The van der Waals surface area contributed by atoms with Crippen LogP contribution in [0, 0.1) is 13.8 Å². The number of carbonyl (C=O) groups excluding carboxylic acids is 2. The predicted octanol–water partition coefficient (Wildman–Crippen LogP) is 2.31. The highest BCUT2D eigenvalue weighted by Crippen LogP contribution is 2.31. The summed E-state index contributed by atoms with van der Waals surface area (Å²) in [6.07, 6.45) is 0.638. The number of furan rings is 1. The van der Waals surface area contributed by atoms with Crippen molar-refractivity contribution in [2.75, 3.05) is 14.2 Å². The Balaban J connectivity index is 1.89. The molecule has 2 aromatic rings. The van der Waals surface area contributed by atoms with Gasteiger partial charge in [0.15, 0.2) is 11.5 Å². The van der Waals surface area contributed by atoms with Crippen LogP contribution in [0.3, 0.4) is 0 Å². The summed E-state index contributed by atoms with van der Waals surface area (Å²) in [7, 11) is 3.11. The van der Waals surface area contributed by atoms with E-state index in [1.807, 2.05) is 12.1 Å². The van der Waals surface area contributed by atoms with Gasteiger partial charge in [0, 0.05) is 6.42 Å². The molecular formula is C18H22N2O5. The Kier molecular flexibility index (Phi) is 6.05. The van der Waals surface area contributed by atoms with Crippen LogP contribution in [0.2, 0.25) is 0 Å². The maximum Gasteiger partial charge on any atom is 0.273 e. The van der Waals surface area contributed by atoms with Crippen molar-refractivity contribution in [1.82, 2.24) is 10.9 Å². The average molecular weight is 346 g/mol. The molecule has 1 aromatic carbocycles. The third-order valence-corrected chi connectivity index (χ3v) is 3.71. The normalized spacial score (nSPS) is 10.2. The number of benzene rings is 1. The monoisotopic (exact) mass is 346 g/mol. The van der Waals surface area contributed by atoms with Crippen molar-refractivity contribution in [3.63, 3.8) is 0 Å². The van der Waals surface area contributed by atoms with Crippen molar-refractivity contribution in [1.29, 1.82) is 0 Å². The molecule has 0 radical (unpaired) electrons. The van der Waals surface area contributed by atoms with Crippen molar-refractivity contribution in [3.05, 3.63) is 46.9 Å². The number of aryl methyl sites for hydroxylation is 3. The molecule has 0 saturated heterocycles. The summed E-state index contributed by atoms with van der Waals surface area (Å²) >= 11 is 0. The van der Waals surface area contributed by atoms with Gasteiger partial charge in [-0.1, -0.05) is 12.1 Å². The number of amides is 2. The molecule has 0 fully saturated rings. The van der Waals surface area contributed by atoms with Gasteiger partial charge < -0.3 is 13.9 Å². The maximum atomic E-state index is 12.0. The van der Waals surface area contributed by atoms with E-state index < -0.39 is 5.91 Å². The third-order valence-electron chi connectivity index (χ3n) is 3.71. The number of nitrogens with one attached hydrogen (secondary N) is 2. The van der Waals surface area contributed by atoms with Gasteiger partial charge >= 0.3 is 0 Å². The fourth-order valence-electron chi connectivity index (χ4n) is 2.51. The van der Waals surface area contributed by atoms with E-state index in [2.05, 4.69) is 10.9 Å². The van der Waals surface area contributed by atoms with E-state index >= 15 is 0 Å². The van der Waals surface area contributed by atoms with Gasteiger partial charge in [-0.25, -0.2) is 0 Å². The standard InChI is InChI=1S/C18H22N2O5/c1-11-10-14(12(2)25-11)18(22)20-19-16(21)9-8-13-6-5-7-15(23-3)17(13)24-4/h5-7,10H,8-9H2,1-4H3,(H,19,21)(H,20,22). The number of hydrogen-bond acceptors (Lipinski definition) is 5. The zero-order valence-corrected chi connectivity index (χ0v) is 14.8. The maximum absolute atomic E-state index is 12.0. The summed E-state index contributed by atoms with van der Waals surface area (Å²) in [6.45, 7) is 3.45. The van der Waals surface area contributed by atoms with Crippen LogP contribution in [0.5, 0.6) is 11.5 Å². The second-order valence-electron chi connectivity index (χ2n) is 5.48. The molecule has 0 aliphatic carbocycles. The first kappa shape index (κ1) is 18.4. The molecule has 1 heterocycles. The Morgan fingerprint density at radius 3 is 2.48 bits per heavy atom. The lowest BCUT2D eigenvalue weighted by atomic mass is 10.1. The van der Waals surface area contributed by atoms with E-state index in [1.54, 1.807) is 40.2 Å². The minimum atomic E-state index is -0.415. The molecule has 0 aliphatic rings. The molecular weight excluding hydrogens is 324 g/mol. The molecule has 0 saturated carbocycles. The van der Waals surface area contributed by atoms with Crippen molar-refractivity contribution >= 4 is 11.8 Å². The number of hydrazine groups is 1. The minimum absolute atomic E-state index is 0.188. The van der Waals surface area contributed by atoms with E-state index in [0.717, 1.165) is 5.56 Å². The number of ether oxygens (including phenoxy) is 2. The number of hydrogen-bond donors (Lipinski definition) is 2. The highest BCUT2D eigenvalue weighted by Gasteiger charge is 2.15. The van der Waals surface area contributed by atoms with E-state index in [4.69, 9.17) is 13.9 Å². The molecule has 0 bridgehead atoms. The summed E-state index contributed by atoms with van der Waals surface area (Å²) < 4.78 is 15.9. The van der Waals surface area contributed by atoms with E-state index in [1.165, 1.54) is 0 Å². The minimum Gasteiger partial charge on any atom is -0.493 e. The summed E-state index contributed by atoms with van der Waals surface area (Å²) in [5.74, 6) is 1.63. The molecule has 25 heavy (non-hydrogen) atoms. The molecule has 134 valence electrons. The number of methoxy groups -OCH3 is 2.